The lowest BCUT2D eigenvalue weighted by Crippen LogP contribution is -2.33. The van der Waals surface area contributed by atoms with Gasteiger partial charge in [0.05, 0.1) is 11.9 Å². The van der Waals surface area contributed by atoms with Gasteiger partial charge in [0.25, 0.3) is 6.43 Å². The molecule has 1 aliphatic rings. The molecule has 146 valence electrons. The predicted octanol–water partition coefficient (Wildman–Crippen LogP) is 2.79. The molecule has 4 heterocycles. The van der Waals surface area contributed by atoms with Crippen molar-refractivity contribution in [3.05, 3.63) is 42.4 Å². The second-order valence-electron chi connectivity index (χ2n) is 6.72. The average molecular weight is 386 g/mol. The van der Waals surface area contributed by atoms with Gasteiger partial charge >= 0.3 is 0 Å². The van der Waals surface area contributed by atoms with Crippen LogP contribution >= 0.6 is 0 Å². The molecule has 1 saturated heterocycles. The van der Waals surface area contributed by atoms with Gasteiger partial charge in [-0.25, -0.2) is 23.3 Å². The molecule has 3 aromatic heterocycles. The Morgan fingerprint density at radius 2 is 1.96 bits per heavy atom. The minimum atomic E-state index is -2.64. The van der Waals surface area contributed by atoms with Crippen molar-refractivity contribution < 1.29 is 13.6 Å². The van der Waals surface area contributed by atoms with Crippen molar-refractivity contribution in [1.29, 1.82) is 0 Å². The lowest BCUT2D eigenvalue weighted by atomic mass is 10.2. The molecular weight excluding hydrogens is 366 g/mol. The van der Waals surface area contributed by atoms with Crippen molar-refractivity contribution in [3.63, 3.8) is 0 Å². The molecule has 0 saturated carbocycles. The molecule has 0 bridgehead atoms. The van der Waals surface area contributed by atoms with E-state index in [2.05, 4.69) is 20.0 Å². The minimum absolute atomic E-state index is 0.0789. The molecule has 4 rings (SSSR count). The SMILES string of the molecule is CC(=O)N1CCCN(c2cc(-c3cnc4ccc(C(F)F)nn34)ccn2)CC1. The highest BCUT2D eigenvalue weighted by Gasteiger charge is 2.19. The molecule has 1 fully saturated rings. The van der Waals surface area contributed by atoms with E-state index in [4.69, 9.17) is 0 Å². The highest BCUT2D eigenvalue weighted by molar-refractivity contribution is 5.73. The second kappa shape index (κ2) is 7.49. The van der Waals surface area contributed by atoms with Crippen LogP contribution < -0.4 is 4.90 Å². The van der Waals surface area contributed by atoms with Crippen LogP contribution in [0.1, 0.15) is 25.5 Å². The molecule has 9 heteroatoms. The number of carbonyl (C=O) groups excluding carboxylic acids is 1. The number of anilines is 1. The molecule has 1 aliphatic heterocycles. The molecular formula is C19H20F2N6O. The van der Waals surface area contributed by atoms with Crippen LogP contribution in [0, 0.1) is 0 Å². The number of pyridine rings is 1. The smallest absolute Gasteiger partial charge is 0.282 e. The summed E-state index contributed by atoms with van der Waals surface area (Å²) in [6.45, 7) is 4.45. The van der Waals surface area contributed by atoms with Crippen LogP contribution in [0.3, 0.4) is 0 Å². The number of rotatable bonds is 3. The summed E-state index contributed by atoms with van der Waals surface area (Å²) in [4.78, 5) is 24.3. The molecule has 3 aromatic rings. The van der Waals surface area contributed by atoms with Gasteiger partial charge in [-0.05, 0) is 30.7 Å². The summed E-state index contributed by atoms with van der Waals surface area (Å²) in [6, 6.07) is 6.53. The van der Waals surface area contributed by atoms with Gasteiger partial charge in [0.15, 0.2) is 5.65 Å². The Morgan fingerprint density at radius 3 is 2.75 bits per heavy atom. The first-order valence-electron chi connectivity index (χ1n) is 9.12. The van der Waals surface area contributed by atoms with E-state index in [1.165, 1.54) is 16.6 Å². The normalized spacial score (nSPS) is 15.3. The standard InChI is InChI=1S/C19H20F2N6O/c1-13(28)25-7-2-8-26(10-9-25)18-11-14(5-6-22-18)16-12-23-17-4-3-15(19(20)21)24-27(16)17/h3-6,11-12,19H,2,7-10H2,1H3. The number of hydrogen-bond acceptors (Lipinski definition) is 5. The third kappa shape index (κ3) is 3.51. The zero-order valence-electron chi connectivity index (χ0n) is 15.4. The van der Waals surface area contributed by atoms with Crippen molar-refractivity contribution in [1.82, 2.24) is 24.5 Å². The molecule has 0 aliphatic carbocycles. The van der Waals surface area contributed by atoms with Crippen LogP contribution in [-0.2, 0) is 4.79 Å². The average Bonchev–Trinajstić information content (AvgIpc) is 2.95. The van der Waals surface area contributed by atoms with Crippen LogP contribution in [0.25, 0.3) is 16.9 Å². The summed E-state index contributed by atoms with van der Waals surface area (Å²) >= 11 is 0. The number of nitrogens with zero attached hydrogens (tertiary/aromatic N) is 6. The summed E-state index contributed by atoms with van der Waals surface area (Å²) in [6.07, 6.45) is 1.53. The fourth-order valence-electron chi connectivity index (χ4n) is 3.41. The predicted molar refractivity (Wildman–Crippen MR) is 100 cm³/mol. The Labute approximate surface area is 160 Å². The molecule has 1 amide bonds. The van der Waals surface area contributed by atoms with Crippen LogP contribution in [0.5, 0.6) is 0 Å². The van der Waals surface area contributed by atoms with Gasteiger partial charge in [0.1, 0.15) is 11.5 Å². The fraction of sp³-hybridized carbons (Fsp3) is 0.368. The Hall–Kier alpha value is -3.10. The molecule has 7 nitrogen and oxygen atoms in total. The first-order valence-corrected chi connectivity index (χ1v) is 9.12. The lowest BCUT2D eigenvalue weighted by molar-refractivity contribution is -0.128. The first-order chi connectivity index (χ1) is 13.5. The monoisotopic (exact) mass is 386 g/mol. The Balaban J connectivity index is 1.65. The van der Waals surface area contributed by atoms with Gasteiger partial charge in [-0.1, -0.05) is 0 Å². The quantitative estimate of drug-likeness (QED) is 0.693. The van der Waals surface area contributed by atoms with E-state index in [-0.39, 0.29) is 11.6 Å². The minimum Gasteiger partial charge on any atom is -0.355 e. The summed E-state index contributed by atoms with van der Waals surface area (Å²) < 4.78 is 27.5. The third-order valence-electron chi connectivity index (χ3n) is 4.91. The van der Waals surface area contributed by atoms with Crippen LogP contribution in [-0.4, -0.2) is 56.6 Å². The summed E-state index contributed by atoms with van der Waals surface area (Å²) in [5.74, 6) is 0.859. The molecule has 0 atom stereocenters. The lowest BCUT2D eigenvalue weighted by Gasteiger charge is -2.22. The number of imidazole rings is 1. The maximum atomic E-state index is 13.0. The number of hydrogen-bond donors (Lipinski definition) is 0. The summed E-state index contributed by atoms with van der Waals surface area (Å²) in [7, 11) is 0. The zero-order chi connectivity index (χ0) is 19.7. The molecule has 0 spiro atoms. The molecule has 0 aromatic carbocycles. The van der Waals surface area contributed by atoms with Crippen molar-refractivity contribution in [2.45, 2.75) is 19.8 Å². The summed E-state index contributed by atoms with van der Waals surface area (Å²) in [5.41, 5.74) is 1.63. The third-order valence-corrected chi connectivity index (χ3v) is 4.91. The van der Waals surface area contributed by atoms with Crippen molar-refractivity contribution >= 4 is 17.4 Å². The molecule has 0 radical (unpaired) electrons. The number of fused-ring (bicyclic) bond motifs is 1. The number of amides is 1. The van der Waals surface area contributed by atoms with Crippen LogP contribution in [0.4, 0.5) is 14.6 Å². The maximum Gasteiger partial charge on any atom is 0.282 e. The van der Waals surface area contributed by atoms with Gasteiger partial charge < -0.3 is 9.80 Å². The number of aromatic nitrogens is 4. The molecule has 0 unspecified atom stereocenters. The van der Waals surface area contributed by atoms with Crippen LogP contribution in [0.2, 0.25) is 0 Å². The maximum absolute atomic E-state index is 13.0. The number of halogens is 2. The topological polar surface area (TPSA) is 66.6 Å². The van der Waals surface area contributed by atoms with Gasteiger partial charge in [0, 0.05) is 44.9 Å². The van der Waals surface area contributed by atoms with E-state index in [0.717, 1.165) is 30.9 Å². The van der Waals surface area contributed by atoms with E-state index in [0.29, 0.717) is 24.4 Å². The van der Waals surface area contributed by atoms with Gasteiger partial charge in [-0.3, -0.25) is 4.79 Å². The van der Waals surface area contributed by atoms with E-state index in [9.17, 15) is 13.6 Å². The van der Waals surface area contributed by atoms with E-state index < -0.39 is 6.43 Å². The zero-order valence-corrected chi connectivity index (χ0v) is 15.4. The highest BCUT2D eigenvalue weighted by atomic mass is 19.3. The Bertz CT molecular complexity index is 1010. The van der Waals surface area contributed by atoms with Gasteiger partial charge in [-0.15, -0.1) is 0 Å². The Kier molecular flexibility index (Phi) is 4.89. The number of carbonyl (C=O) groups is 1. The van der Waals surface area contributed by atoms with E-state index in [1.807, 2.05) is 17.0 Å². The van der Waals surface area contributed by atoms with Crippen molar-refractivity contribution in [2.75, 3.05) is 31.1 Å². The molecule has 0 N–H and O–H groups in total. The summed E-state index contributed by atoms with van der Waals surface area (Å²) in [5, 5.41) is 4.02. The fourth-order valence-corrected chi connectivity index (χ4v) is 3.41. The van der Waals surface area contributed by atoms with Crippen LogP contribution in [0.15, 0.2) is 36.7 Å². The molecule has 28 heavy (non-hydrogen) atoms. The highest BCUT2D eigenvalue weighted by Crippen LogP contribution is 2.25. The largest absolute Gasteiger partial charge is 0.355 e. The second-order valence-corrected chi connectivity index (χ2v) is 6.72. The van der Waals surface area contributed by atoms with Gasteiger partial charge in [-0.2, -0.15) is 5.10 Å². The van der Waals surface area contributed by atoms with Crippen molar-refractivity contribution in [3.8, 4) is 11.3 Å². The van der Waals surface area contributed by atoms with Gasteiger partial charge in [0.2, 0.25) is 5.91 Å². The number of alkyl halides is 2. The first kappa shape index (κ1) is 18.3. The Morgan fingerprint density at radius 1 is 1.11 bits per heavy atom. The van der Waals surface area contributed by atoms with E-state index in [1.54, 1.807) is 19.3 Å². The van der Waals surface area contributed by atoms with E-state index >= 15 is 0 Å². The van der Waals surface area contributed by atoms with Crippen molar-refractivity contribution in [2.24, 2.45) is 0 Å².